The van der Waals surface area contributed by atoms with Crippen LogP contribution in [-0.4, -0.2) is 0 Å². The van der Waals surface area contributed by atoms with Crippen LogP contribution in [0.4, 0.5) is 0 Å². The van der Waals surface area contributed by atoms with Crippen molar-refractivity contribution in [1.29, 1.82) is 0 Å². The minimum absolute atomic E-state index is 0.835. The Balaban J connectivity index is 3.03. The summed E-state index contributed by atoms with van der Waals surface area (Å²) >= 11 is 0. The van der Waals surface area contributed by atoms with Crippen LogP contribution < -0.4 is 0 Å². The molecule has 0 heteroatoms. The van der Waals surface area contributed by atoms with Crippen molar-refractivity contribution in [3.05, 3.63) is 5.92 Å². The molecule has 0 saturated carbocycles. The molecule has 0 aliphatic rings. The summed E-state index contributed by atoms with van der Waals surface area (Å²) < 4.78 is 0. The Morgan fingerprint density at radius 1 is 0.571 bits per heavy atom. The summed E-state index contributed by atoms with van der Waals surface area (Å²) in [5, 5.41) is 0. The molecule has 1 unspecified atom stereocenters. The summed E-state index contributed by atoms with van der Waals surface area (Å²) in [6.45, 7) is 9.21. The van der Waals surface area contributed by atoms with Crippen molar-refractivity contribution >= 4 is 0 Å². The average Bonchev–Trinajstić information content (AvgIpc) is 2.47. The van der Waals surface area contributed by atoms with E-state index in [4.69, 9.17) is 0 Å². The standard InChI is InChI=1S/C21H43/c1-5-6-7-8-9-10-11-12-13-14-15-16-17-18-19-21(4)20(2)3/h21H,5-19H2,1-4H3. The first kappa shape index (κ1) is 21.0. The van der Waals surface area contributed by atoms with Gasteiger partial charge in [-0.2, -0.15) is 0 Å². The van der Waals surface area contributed by atoms with Crippen LogP contribution in [0.2, 0.25) is 0 Å². The van der Waals surface area contributed by atoms with Crippen molar-refractivity contribution in [2.45, 2.75) is 124 Å². The van der Waals surface area contributed by atoms with E-state index in [1.165, 1.54) is 96.3 Å². The van der Waals surface area contributed by atoms with Gasteiger partial charge in [0, 0.05) is 0 Å². The fourth-order valence-corrected chi connectivity index (χ4v) is 2.93. The molecule has 0 N–H and O–H groups in total. The lowest BCUT2D eigenvalue weighted by Gasteiger charge is -2.14. The van der Waals surface area contributed by atoms with Crippen LogP contribution in [-0.2, 0) is 0 Å². The van der Waals surface area contributed by atoms with Gasteiger partial charge in [-0.3, -0.25) is 0 Å². The highest BCUT2D eigenvalue weighted by Gasteiger charge is 2.06. The number of rotatable bonds is 16. The number of hydrogen-bond acceptors (Lipinski definition) is 0. The lowest BCUT2D eigenvalue weighted by Crippen LogP contribution is -2.01. The molecule has 0 nitrogen and oxygen atoms in total. The highest BCUT2D eigenvalue weighted by Crippen LogP contribution is 2.20. The third-order valence-electron chi connectivity index (χ3n) is 4.98. The Hall–Kier alpha value is 0. The number of unbranched alkanes of at least 4 members (excludes halogenated alkanes) is 13. The van der Waals surface area contributed by atoms with Crippen molar-refractivity contribution in [2.24, 2.45) is 5.92 Å². The van der Waals surface area contributed by atoms with E-state index in [1.807, 2.05) is 0 Å². The fraction of sp³-hybridized carbons (Fsp3) is 0.952. The zero-order chi connectivity index (χ0) is 15.8. The predicted octanol–water partition coefficient (Wildman–Crippen LogP) is 8.11. The van der Waals surface area contributed by atoms with Crippen LogP contribution >= 0.6 is 0 Å². The van der Waals surface area contributed by atoms with E-state index in [1.54, 1.807) is 5.92 Å². The van der Waals surface area contributed by atoms with E-state index in [0.717, 1.165) is 5.92 Å². The molecule has 0 aliphatic heterocycles. The van der Waals surface area contributed by atoms with Gasteiger partial charge in [-0.1, -0.05) is 124 Å². The first-order valence-corrected chi connectivity index (χ1v) is 9.98. The maximum absolute atomic E-state index is 2.37. The summed E-state index contributed by atoms with van der Waals surface area (Å²) in [5.74, 6) is 2.44. The smallest absolute Gasteiger partial charge is 0.0275 e. The van der Waals surface area contributed by atoms with Crippen molar-refractivity contribution < 1.29 is 0 Å². The lowest BCUT2D eigenvalue weighted by atomic mass is 9.92. The predicted molar refractivity (Wildman–Crippen MR) is 98.7 cm³/mol. The van der Waals surface area contributed by atoms with Crippen LogP contribution in [0.5, 0.6) is 0 Å². The van der Waals surface area contributed by atoms with E-state index >= 15 is 0 Å². The molecule has 1 radical (unpaired) electrons. The molecule has 0 saturated heterocycles. The monoisotopic (exact) mass is 295 g/mol. The summed E-state index contributed by atoms with van der Waals surface area (Å²) in [6.07, 6.45) is 21.9. The molecule has 0 aliphatic carbocycles. The van der Waals surface area contributed by atoms with Gasteiger partial charge in [-0.15, -0.1) is 0 Å². The molecule has 0 rings (SSSR count). The van der Waals surface area contributed by atoms with Crippen molar-refractivity contribution in [3.8, 4) is 0 Å². The van der Waals surface area contributed by atoms with E-state index in [9.17, 15) is 0 Å². The second kappa shape index (κ2) is 16.4. The van der Waals surface area contributed by atoms with Crippen LogP contribution in [0.1, 0.15) is 124 Å². The molecule has 0 spiro atoms. The van der Waals surface area contributed by atoms with Gasteiger partial charge in [0.1, 0.15) is 0 Å². The Kier molecular flexibility index (Phi) is 16.4. The largest absolute Gasteiger partial charge is 0.0654 e. The molecule has 0 heterocycles. The molecule has 1 atom stereocenters. The van der Waals surface area contributed by atoms with Crippen molar-refractivity contribution in [1.82, 2.24) is 0 Å². The first-order valence-electron chi connectivity index (χ1n) is 9.98. The summed E-state index contributed by atoms with van der Waals surface area (Å²) in [5.41, 5.74) is 0. The van der Waals surface area contributed by atoms with E-state index in [-0.39, 0.29) is 0 Å². The molecule has 0 bridgehead atoms. The topological polar surface area (TPSA) is 0 Å². The van der Waals surface area contributed by atoms with Gasteiger partial charge in [-0.05, 0) is 11.8 Å². The van der Waals surface area contributed by atoms with Crippen molar-refractivity contribution in [3.63, 3.8) is 0 Å². The molecule has 0 amide bonds. The molecule has 0 aromatic carbocycles. The normalized spacial score (nSPS) is 13.0. The average molecular weight is 296 g/mol. The van der Waals surface area contributed by atoms with Gasteiger partial charge in [0.05, 0.1) is 0 Å². The minimum atomic E-state index is 0.835. The van der Waals surface area contributed by atoms with Crippen LogP contribution in [0.25, 0.3) is 0 Å². The molecule has 21 heavy (non-hydrogen) atoms. The van der Waals surface area contributed by atoms with Crippen LogP contribution in [0.15, 0.2) is 0 Å². The Labute approximate surface area is 136 Å². The quantitative estimate of drug-likeness (QED) is 0.252. The highest BCUT2D eigenvalue weighted by molar-refractivity contribution is 4.83. The summed E-state index contributed by atoms with van der Waals surface area (Å²) in [6, 6.07) is 0. The molecule has 0 aromatic heterocycles. The maximum Gasteiger partial charge on any atom is -0.0275 e. The Morgan fingerprint density at radius 3 is 1.24 bits per heavy atom. The van der Waals surface area contributed by atoms with Gasteiger partial charge in [0.25, 0.3) is 0 Å². The molecule has 127 valence electrons. The van der Waals surface area contributed by atoms with E-state index in [2.05, 4.69) is 27.7 Å². The maximum atomic E-state index is 2.37. The fourth-order valence-electron chi connectivity index (χ4n) is 2.93. The third kappa shape index (κ3) is 16.2. The van der Waals surface area contributed by atoms with Crippen molar-refractivity contribution in [2.75, 3.05) is 0 Å². The molecule has 0 fully saturated rings. The van der Waals surface area contributed by atoms with Crippen LogP contribution in [0.3, 0.4) is 0 Å². The molecule has 0 aromatic rings. The summed E-state index contributed by atoms with van der Waals surface area (Å²) in [7, 11) is 0. The van der Waals surface area contributed by atoms with Gasteiger partial charge >= 0.3 is 0 Å². The van der Waals surface area contributed by atoms with Gasteiger partial charge in [0.15, 0.2) is 0 Å². The van der Waals surface area contributed by atoms with Gasteiger partial charge in [-0.25, -0.2) is 0 Å². The minimum Gasteiger partial charge on any atom is -0.0654 e. The number of hydrogen-bond donors (Lipinski definition) is 0. The zero-order valence-corrected chi connectivity index (χ0v) is 15.7. The van der Waals surface area contributed by atoms with Crippen LogP contribution in [0, 0.1) is 11.8 Å². The Morgan fingerprint density at radius 2 is 0.905 bits per heavy atom. The Bertz CT molecular complexity index is 182. The third-order valence-corrected chi connectivity index (χ3v) is 4.98. The van der Waals surface area contributed by atoms with Gasteiger partial charge in [0.2, 0.25) is 0 Å². The molecular formula is C21H43. The van der Waals surface area contributed by atoms with E-state index in [0.29, 0.717) is 0 Å². The second-order valence-electron chi connectivity index (χ2n) is 7.36. The summed E-state index contributed by atoms with van der Waals surface area (Å²) in [4.78, 5) is 0. The molecular weight excluding hydrogens is 252 g/mol. The lowest BCUT2D eigenvalue weighted by molar-refractivity contribution is 0.489. The second-order valence-corrected chi connectivity index (χ2v) is 7.36. The highest BCUT2D eigenvalue weighted by atomic mass is 14.1. The van der Waals surface area contributed by atoms with Gasteiger partial charge < -0.3 is 0 Å². The first-order chi connectivity index (χ1) is 10.2. The van der Waals surface area contributed by atoms with E-state index < -0.39 is 0 Å². The zero-order valence-electron chi connectivity index (χ0n) is 15.7. The SMILES string of the molecule is CCCCCCCCCCCCCCCCC(C)[C](C)C.